The summed E-state index contributed by atoms with van der Waals surface area (Å²) < 4.78 is 11.2. The van der Waals surface area contributed by atoms with Gasteiger partial charge in [-0.25, -0.2) is 0 Å². The van der Waals surface area contributed by atoms with Crippen molar-refractivity contribution in [3.63, 3.8) is 0 Å². The fourth-order valence-corrected chi connectivity index (χ4v) is 6.09. The Hall–Kier alpha value is -4.65. The van der Waals surface area contributed by atoms with E-state index in [-0.39, 0.29) is 55.6 Å². The van der Waals surface area contributed by atoms with E-state index >= 15 is 0 Å². The van der Waals surface area contributed by atoms with Crippen LogP contribution in [-0.4, -0.2) is 87.6 Å². The van der Waals surface area contributed by atoms with Gasteiger partial charge in [-0.15, -0.1) is 0 Å². The maximum Gasteiger partial charge on any atom is 0.257 e. The standard InChI is InChI=1S/C37H52N6O7/c1-24(2)33-37(48)40-19-7-12-26-15-16-30(49-3)31(21-26)50-23-32(44)39-18-9-14-28(41-34(45)27-13-8-17-38-22-27)35(46)42-29(36(47)43-33)20-25-10-5-4-6-11-25/h4-6,10-11,15-16,21,24,27-29,33,38H,7-9,12-14,17-20,22-23H2,1-3H3,(H,39,44)(H,40,48)(H,41,45)(H,42,46)(H,43,47)/t27-,28?,29-,33+/m0/s1. The summed E-state index contributed by atoms with van der Waals surface area (Å²) in [7, 11) is 1.52. The number of ether oxygens (including phenoxy) is 2. The molecule has 0 aromatic heterocycles. The number of benzene rings is 2. The van der Waals surface area contributed by atoms with Crippen molar-refractivity contribution in [1.29, 1.82) is 0 Å². The Morgan fingerprint density at radius 2 is 1.66 bits per heavy atom. The smallest absolute Gasteiger partial charge is 0.257 e. The van der Waals surface area contributed by atoms with E-state index in [1.54, 1.807) is 6.07 Å². The van der Waals surface area contributed by atoms with Gasteiger partial charge in [0.1, 0.15) is 18.1 Å². The molecular weight excluding hydrogens is 640 g/mol. The van der Waals surface area contributed by atoms with Crippen LogP contribution in [0.15, 0.2) is 48.5 Å². The molecular formula is C37H52N6O7. The number of methoxy groups -OCH3 is 1. The van der Waals surface area contributed by atoms with E-state index in [4.69, 9.17) is 9.47 Å². The third-order valence-electron chi connectivity index (χ3n) is 8.98. The first-order valence-corrected chi connectivity index (χ1v) is 17.6. The molecule has 0 aliphatic carbocycles. The van der Waals surface area contributed by atoms with Crippen molar-refractivity contribution in [3.05, 3.63) is 59.7 Å². The van der Waals surface area contributed by atoms with E-state index in [1.807, 2.05) is 56.3 Å². The third-order valence-corrected chi connectivity index (χ3v) is 8.98. The highest BCUT2D eigenvalue weighted by atomic mass is 16.5. The molecule has 6 N–H and O–H groups in total. The van der Waals surface area contributed by atoms with Crippen LogP contribution < -0.4 is 41.4 Å². The monoisotopic (exact) mass is 692 g/mol. The van der Waals surface area contributed by atoms with E-state index in [0.717, 1.165) is 24.1 Å². The molecule has 0 spiro atoms. The summed E-state index contributed by atoms with van der Waals surface area (Å²) >= 11 is 0. The van der Waals surface area contributed by atoms with Gasteiger partial charge in [0.05, 0.1) is 13.0 Å². The number of hydrogen-bond acceptors (Lipinski definition) is 8. The zero-order valence-corrected chi connectivity index (χ0v) is 29.3. The van der Waals surface area contributed by atoms with E-state index in [2.05, 4.69) is 31.9 Å². The van der Waals surface area contributed by atoms with Gasteiger partial charge in [0.25, 0.3) is 5.91 Å². The molecule has 2 aromatic rings. The minimum Gasteiger partial charge on any atom is -0.493 e. The Morgan fingerprint density at radius 1 is 0.900 bits per heavy atom. The summed E-state index contributed by atoms with van der Waals surface area (Å²) in [5.74, 6) is -1.54. The first-order chi connectivity index (χ1) is 24.1. The van der Waals surface area contributed by atoms with E-state index in [0.29, 0.717) is 50.3 Å². The van der Waals surface area contributed by atoms with Gasteiger partial charge in [0.15, 0.2) is 18.1 Å². The quantitative estimate of drug-likeness (QED) is 0.263. The molecule has 0 saturated carbocycles. The molecule has 5 amide bonds. The predicted octanol–water partition coefficient (Wildman–Crippen LogP) is 1.39. The minimum atomic E-state index is -1.02. The first kappa shape index (κ1) is 38.2. The Kier molecular flexibility index (Phi) is 14.9. The zero-order chi connectivity index (χ0) is 35.9. The second kappa shape index (κ2) is 19.5. The van der Waals surface area contributed by atoms with Crippen molar-refractivity contribution in [1.82, 2.24) is 31.9 Å². The molecule has 13 nitrogen and oxygen atoms in total. The number of rotatable bonds is 6. The Morgan fingerprint density at radius 3 is 2.38 bits per heavy atom. The van der Waals surface area contributed by atoms with E-state index < -0.39 is 29.9 Å². The zero-order valence-electron chi connectivity index (χ0n) is 29.3. The molecule has 4 rings (SSSR count). The molecule has 2 heterocycles. The topological polar surface area (TPSA) is 176 Å². The maximum absolute atomic E-state index is 13.9. The third kappa shape index (κ3) is 11.7. The fourth-order valence-electron chi connectivity index (χ4n) is 6.09. The van der Waals surface area contributed by atoms with Crippen LogP contribution in [0.3, 0.4) is 0 Å². The second-order valence-electron chi connectivity index (χ2n) is 13.2. The summed E-state index contributed by atoms with van der Waals surface area (Å²) in [6, 6.07) is 12.0. The largest absolute Gasteiger partial charge is 0.493 e. The Labute approximate surface area is 294 Å². The summed E-state index contributed by atoms with van der Waals surface area (Å²) in [4.78, 5) is 67.1. The Balaban J connectivity index is 1.58. The van der Waals surface area contributed by atoms with Crippen molar-refractivity contribution in [2.75, 3.05) is 39.9 Å². The lowest BCUT2D eigenvalue weighted by Crippen LogP contribution is -2.58. The molecule has 13 heteroatoms. The molecule has 4 atom stereocenters. The number of aryl methyl sites for hydroxylation is 1. The highest BCUT2D eigenvalue weighted by Gasteiger charge is 2.32. The number of carbonyl (C=O) groups is 5. The van der Waals surface area contributed by atoms with Crippen molar-refractivity contribution in [2.24, 2.45) is 11.8 Å². The molecule has 272 valence electrons. The molecule has 1 unspecified atom stereocenters. The highest BCUT2D eigenvalue weighted by Crippen LogP contribution is 2.28. The Bertz CT molecular complexity index is 1450. The van der Waals surface area contributed by atoms with Crippen molar-refractivity contribution >= 4 is 29.5 Å². The number of piperidine rings is 1. The average molecular weight is 693 g/mol. The molecule has 1 saturated heterocycles. The van der Waals surface area contributed by atoms with Gasteiger partial charge in [-0.3, -0.25) is 24.0 Å². The second-order valence-corrected chi connectivity index (χ2v) is 13.2. The van der Waals surface area contributed by atoms with Crippen molar-refractivity contribution in [3.8, 4) is 11.5 Å². The van der Waals surface area contributed by atoms with Crippen molar-refractivity contribution < 1.29 is 33.4 Å². The summed E-state index contributed by atoms with van der Waals surface area (Å²) in [5, 5.41) is 17.7. The number of amides is 5. The van der Waals surface area contributed by atoms with E-state index in [1.165, 1.54) is 7.11 Å². The van der Waals surface area contributed by atoms with Crippen LogP contribution in [-0.2, 0) is 36.8 Å². The van der Waals surface area contributed by atoms with Crippen LogP contribution in [0.5, 0.6) is 11.5 Å². The van der Waals surface area contributed by atoms with Crippen molar-refractivity contribution in [2.45, 2.75) is 76.9 Å². The van der Waals surface area contributed by atoms with Crippen LogP contribution in [0.1, 0.15) is 57.1 Å². The summed E-state index contributed by atoms with van der Waals surface area (Å²) in [5.41, 5.74) is 1.77. The maximum atomic E-state index is 13.9. The normalized spacial score (nSPS) is 23.4. The molecule has 2 aromatic carbocycles. The molecule has 50 heavy (non-hydrogen) atoms. The average Bonchev–Trinajstić information content (AvgIpc) is 3.12. The lowest BCUT2D eigenvalue weighted by Gasteiger charge is -2.28. The van der Waals surface area contributed by atoms with Gasteiger partial charge in [0, 0.05) is 26.1 Å². The minimum absolute atomic E-state index is 0.179. The fraction of sp³-hybridized carbons (Fsp3) is 0.541. The SMILES string of the molecule is COc1ccc2cc1OCC(=O)NCCCC(NC(=O)[C@H]1CCCNC1)C(=O)N[C@@H](Cc1ccccc1)C(=O)N[C@H](C(C)C)C(=O)NCCC2. The van der Waals surface area contributed by atoms with Crippen LogP contribution >= 0.6 is 0 Å². The predicted molar refractivity (Wildman–Crippen MR) is 188 cm³/mol. The van der Waals surface area contributed by atoms with Gasteiger partial charge < -0.3 is 41.4 Å². The van der Waals surface area contributed by atoms with E-state index in [9.17, 15) is 24.0 Å². The molecule has 1 fully saturated rings. The molecule has 2 bridgehead atoms. The van der Waals surface area contributed by atoms with Crippen LogP contribution in [0.4, 0.5) is 0 Å². The summed E-state index contributed by atoms with van der Waals surface area (Å²) in [6.45, 7) is 5.42. The van der Waals surface area contributed by atoms with Crippen LogP contribution in [0.25, 0.3) is 0 Å². The van der Waals surface area contributed by atoms with Gasteiger partial charge in [-0.05, 0) is 74.2 Å². The first-order valence-electron chi connectivity index (χ1n) is 17.6. The number of fused-ring (bicyclic) bond motifs is 2. The number of nitrogens with one attached hydrogen (secondary N) is 6. The highest BCUT2D eigenvalue weighted by molar-refractivity contribution is 5.94. The van der Waals surface area contributed by atoms with Crippen LogP contribution in [0, 0.1) is 11.8 Å². The van der Waals surface area contributed by atoms with Gasteiger partial charge in [-0.2, -0.15) is 0 Å². The number of carbonyl (C=O) groups excluding carboxylic acids is 5. The van der Waals surface area contributed by atoms with Crippen LogP contribution in [0.2, 0.25) is 0 Å². The van der Waals surface area contributed by atoms with Gasteiger partial charge in [0.2, 0.25) is 23.6 Å². The number of hydrogen-bond donors (Lipinski definition) is 6. The molecule has 2 aliphatic heterocycles. The lowest BCUT2D eigenvalue weighted by atomic mass is 9.97. The molecule has 0 radical (unpaired) electrons. The summed E-state index contributed by atoms with van der Waals surface area (Å²) in [6.07, 6.45) is 3.57. The molecule has 2 aliphatic rings. The lowest BCUT2D eigenvalue weighted by molar-refractivity contribution is -0.135. The van der Waals surface area contributed by atoms with Gasteiger partial charge in [-0.1, -0.05) is 50.2 Å². The van der Waals surface area contributed by atoms with Gasteiger partial charge >= 0.3 is 0 Å².